The van der Waals surface area contributed by atoms with Gasteiger partial charge >= 0.3 is 0 Å². The van der Waals surface area contributed by atoms with Crippen LogP contribution in [0.1, 0.15) is 6.92 Å². The van der Waals surface area contributed by atoms with Crippen molar-refractivity contribution in [2.45, 2.75) is 6.92 Å². The zero-order valence-electron chi connectivity index (χ0n) is 6.15. The zero-order valence-corrected chi connectivity index (χ0v) is 6.91. The van der Waals surface area contributed by atoms with E-state index >= 15 is 0 Å². The van der Waals surface area contributed by atoms with Crippen LogP contribution in [-0.2, 0) is 0 Å². The minimum absolute atomic E-state index is 0.591. The van der Waals surface area contributed by atoms with Gasteiger partial charge in [-0.3, -0.25) is 0 Å². The maximum atomic E-state index is 5.65. The summed E-state index contributed by atoms with van der Waals surface area (Å²) in [6, 6.07) is 0. The lowest BCUT2D eigenvalue weighted by atomic mass is 10.1. The van der Waals surface area contributed by atoms with Gasteiger partial charge in [0.25, 0.3) is 0 Å². The van der Waals surface area contributed by atoms with Gasteiger partial charge in [-0.25, -0.2) is 0 Å². The van der Waals surface area contributed by atoms with Crippen molar-refractivity contribution in [2.75, 3.05) is 0 Å². The molecular formula is C9H11Cl. The lowest BCUT2D eigenvalue weighted by Gasteiger charge is -1.95. The van der Waals surface area contributed by atoms with Gasteiger partial charge in [0.15, 0.2) is 0 Å². The highest BCUT2D eigenvalue weighted by Gasteiger charge is 1.89. The highest BCUT2D eigenvalue weighted by atomic mass is 35.5. The fourth-order valence-electron chi connectivity index (χ4n) is 0.349. The Balaban J connectivity index is 4.27. The van der Waals surface area contributed by atoms with E-state index in [-0.39, 0.29) is 0 Å². The first-order chi connectivity index (χ1) is 4.57. The Morgan fingerprint density at radius 1 is 1.40 bits per heavy atom. The van der Waals surface area contributed by atoms with Gasteiger partial charge in [-0.15, -0.1) is 0 Å². The Kier molecular flexibility index (Phi) is 3.82. The fourth-order valence-corrected chi connectivity index (χ4v) is 0.480. The van der Waals surface area contributed by atoms with E-state index < -0.39 is 0 Å². The highest BCUT2D eigenvalue weighted by Crippen LogP contribution is 2.11. The molecule has 0 amide bonds. The molecule has 0 unspecified atom stereocenters. The second-order valence-electron chi connectivity index (χ2n) is 2.04. The lowest BCUT2D eigenvalue weighted by Crippen LogP contribution is -1.75. The van der Waals surface area contributed by atoms with E-state index in [9.17, 15) is 0 Å². The van der Waals surface area contributed by atoms with E-state index in [0.29, 0.717) is 5.03 Å². The van der Waals surface area contributed by atoms with Crippen LogP contribution in [0.3, 0.4) is 0 Å². The van der Waals surface area contributed by atoms with Crippen molar-refractivity contribution in [1.82, 2.24) is 0 Å². The molecule has 0 aromatic rings. The smallest absolute Gasteiger partial charge is 0.0405 e. The summed E-state index contributed by atoms with van der Waals surface area (Å²) >= 11 is 5.65. The minimum atomic E-state index is 0.591. The number of allylic oxidation sites excluding steroid dienone is 5. The molecule has 0 saturated carbocycles. The Bertz CT molecular complexity index is 197. The summed E-state index contributed by atoms with van der Waals surface area (Å²) in [6.07, 6.45) is 3.30. The normalized spacial score (nSPS) is 10.8. The predicted molar refractivity (Wildman–Crippen MR) is 48.1 cm³/mol. The van der Waals surface area contributed by atoms with Crippen molar-refractivity contribution in [3.63, 3.8) is 0 Å². The van der Waals surface area contributed by atoms with Gasteiger partial charge in [0.2, 0.25) is 0 Å². The average molecular weight is 155 g/mol. The Morgan fingerprint density at radius 2 is 1.90 bits per heavy atom. The van der Waals surface area contributed by atoms with Gasteiger partial charge in [0.1, 0.15) is 0 Å². The van der Waals surface area contributed by atoms with Crippen LogP contribution in [0, 0.1) is 0 Å². The van der Waals surface area contributed by atoms with Crippen LogP contribution in [-0.4, -0.2) is 0 Å². The molecule has 0 aromatic carbocycles. The molecule has 0 aliphatic carbocycles. The van der Waals surface area contributed by atoms with E-state index in [1.54, 1.807) is 12.2 Å². The van der Waals surface area contributed by atoms with Gasteiger partial charge in [-0.1, -0.05) is 43.0 Å². The first-order valence-corrected chi connectivity index (χ1v) is 3.30. The molecule has 10 heavy (non-hydrogen) atoms. The second kappa shape index (κ2) is 4.13. The monoisotopic (exact) mass is 154 g/mol. The van der Waals surface area contributed by atoms with Crippen LogP contribution in [0.25, 0.3) is 0 Å². The molecule has 54 valence electrons. The summed E-state index contributed by atoms with van der Waals surface area (Å²) < 4.78 is 0. The van der Waals surface area contributed by atoms with Crippen LogP contribution in [0.4, 0.5) is 0 Å². The summed E-state index contributed by atoms with van der Waals surface area (Å²) in [5, 5.41) is 0.591. The third-order valence-electron chi connectivity index (χ3n) is 1.06. The number of rotatable bonds is 3. The van der Waals surface area contributed by atoms with Crippen LogP contribution >= 0.6 is 11.6 Å². The second-order valence-corrected chi connectivity index (χ2v) is 2.48. The molecule has 0 fully saturated rings. The Morgan fingerprint density at radius 3 is 2.20 bits per heavy atom. The summed E-state index contributed by atoms with van der Waals surface area (Å²) in [6.45, 7) is 12.8. The molecule has 0 aromatic heterocycles. The SMILES string of the molecule is C=CC(Cl)=CC(=C)C(=C)C. The van der Waals surface area contributed by atoms with E-state index in [0.717, 1.165) is 11.1 Å². The molecule has 0 bridgehead atoms. The summed E-state index contributed by atoms with van der Waals surface area (Å²) in [5.41, 5.74) is 1.75. The molecule has 0 N–H and O–H groups in total. The molecule has 0 spiro atoms. The predicted octanol–water partition coefficient (Wildman–Crippen LogP) is 3.43. The average Bonchev–Trinajstić information content (AvgIpc) is 1.87. The van der Waals surface area contributed by atoms with E-state index in [4.69, 9.17) is 11.6 Å². The highest BCUT2D eigenvalue weighted by molar-refractivity contribution is 6.31. The largest absolute Gasteiger partial charge is 0.0976 e. The van der Waals surface area contributed by atoms with Crippen LogP contribution in [0.2, 0.25) is 0 Å². The van der Waals surface area contributed by atoms with Crippen LogP contribution in [0.5, 0.6) is 0 Å². The molecule has 1 heteroatoms. The maximum absolute atomic E-state index is 5.65. The quantitative estimate of drug-likeness (QED) is 0.547. The van der Waals surface area contributed by atoms with Gasteiger partial charge in [-0.2, -0.15) is 0 Å². The molecule has 0 atom stereocenters. The molecule has 0 aliphatic rings. The van der Waals surface area contributed by atoms with Gasteiger partial charge in [0, 0.05) is 5.03 Å². The minimum Gasteiger partial charge on any atom is -0.0976 e. The van der Waals surface area contributed by atoms with Crippen molar-refractivity contribution in [1.29, 1.82) is 0 Å². The van der Waals surface area contributed by atoms with Crippen molar-refractivity contribution < 1.29 is 0 Å². The zero-order chi connectivity index (χ0) is 8.15. The van der Waals surface area contributed by atoms with Crippen LogP contribution < -0.4 is 0 Å². The summed E-state index contributed by atoms with van der Waals surface area (Å²) in [5.74, 6) is 0. The molecule has 0 radical (unpaired) electrons. The first-order valence-electron chi connectivity index (χ1n) is 2.92. The topological polar surface area (TPSA) is 0 Å². The molecule has 0 aliphatic heterocycles. The van der Waals surface area contributed by atoms with Crippen molar-refractivity contribution in [3.05, 3.63) is 48.1 Å². The molecule has 0 saturated heterocycles. The standard InChI is InChI=1S/C9H11Cl/c1-5-9(10)6-8(4)7(2)3/h5-6H,1-2,4H2,3H3. The fraction of sp³-hybridized carbons (Fsp3) is 0.111. The summed E-state index contributed by atoms with van der Waals surface area (Å²) in [4.78, 5) is 0. The molecular weight excluding hydrogens is 144 g/mol. The third kappa shape index (κ3) is 3.31. The Labute approximate surface area is 67.2 Å². The number of halogens is 1. The van der Waals surface area contributed by atoms with Crippen molar-refractivity contribution in [3.8, 4) is 0 Å². The first kappa shape index (κ1) is 9.25. The third-order valence-corrected chi connectivity index (χ3v) is 1.32. The molecule has 0 rings (SSSR count). The molecule has 0 heterocycles. The molecule has 0 nitrogen and oxygen atoms in total. The van der Waals surface area contributed by atoms with E-state index in [2.05, 4.69) is 19.7 Å². The van der Waals surface area contributed by atoms with Crippen molar-refractivity contribution >= 4 is 11.6 Å². The maximum Gasteiger partial charge on any atom is 0.0405 e. The Hall–Kier alpha value is -0.750. The number of hydrogen-bond acceptors (Lipinski definition) is 0. The van der Waals surface area contributed by atoms with Crippen LogP contribution in [0.15, 0.2) is 48.1 Å². The van der Waals surface area contributed by atoms with E-state index in [1.165, 1.54) is 0 Å². The van der Waals surface area contributed by atoms with Gasteiger partial charge < -0.3 is 0 Å². The lowest BCUT2D eigenvalue weighted by molar-refractivity contribution is 1.47. The van der Waals surface area contributed by atoms with Crippen molar-refractivity contribution in [2.24, 2.45) is 0 Å². The van der Waals surface area contributed by atoms with Gasteiger partial charge in [-0.05, 0) is 18.6 Å². The van der Waals surface area contributed by atoms with E-state index in [1.807, 2.05) is 6.92 Å². The summed E-state index contributed by atoms with van der Waals surface area (Å²) in [7, 11) is 0. The van der Waals surface area contributed by atoms with Gasteiger partial charge in [0.05, 0.1) is 0 Å². The number of hydrogen-bond donors (Lipinski definition) is 0.